The van der Waals surface area contributed by atoms with Crippen LogP contribution < -0.4 is 10.6 Å². The molecule has 1 heterocycles. The topological polar surface area (TPSA) is 71.1 Å². The van der Waals surface area contributed by atoms with Crippen LogP contribution >= 0.6 is 11.6 Å². The number of rotatable bonds is 6. The minimum Gasteiger partial charge on any atom is -0.352 e. The number of hydrogen-bond donors (Lipinski definition) is 2. The number of benzene rings is 2. The number of amides is 2. The first kappa shape index (κ1) is 18.6. The first-order chi connectivity index (χ1) is 13.1. The monoisotopic (exact) mass is 379 g/mol. The Kier molecular flexibility index (Phi) is 6.18. The molecule has 136 valence electrons. The van der Waals surface area contributed by atoms with Crippen molar-refractivity contribution in [3.63, 3.8) is 0 Å². The lowest BCUT2D eigenvalue weighted by atomic mass is 10.1. The number of carbonyl (C=O) groups excluding carboxylic acids is 2. The number of anilines is 1. The average molecular weight is 380 g/mol. The van der Waals surface area contributed by atoms with E-state index >= 15 is 0 Å². The zero-order chi connectivity index (χ0) is 19.1. The Morgan fingerprint density at radius 1 is 0.926 bits per heavy atom. The van der Waals surface area contributed by atoms with E-state index < -0.39 is 5.91 Å². The van der Waals surface area contributed by atoms with Crippen LogP contribution in [0.25, 0.3) is 0 Å². The molecule has 2 amide bonds. The zero-order valence-corrected chi connectivity index (χ0v) is 15.2. The van der Waals surface area contributed by atoms with E-state index in [1.165, 1.54) is 12.3 Å². The van der Waals surface area contributed by atoms with Gasteiger partial charge in [0.1, 0.15) is 5.69 Å². The normalized spacial score (nSPS) is 10.3. The molecule has 27 heavy (non-hydrogen) atoms. The Hall–Kier alpha value is -3.18. The third-order valence-electron chi connectivity index (χ3n) is 3.92. The number of nitrogens with one attached hydrogen (secondary N) is 2. The molecule has 0 aliphatic rings. The van der Waals surface area contributed by atoms with Gasteiger partial charge in [0.25, 0.3) is 11.8 Å². The highest BCUT2D eigenvalue weighted by atomic mass is 35.5. The summed E-state index contributed by atoms with van der Waals surface area (Å²) in [7, 11) is 0. The van der Waals surface area contributed by atoms with Crippen molar-refractivity contribution in [3.8, 4) is 0 Å². The van der Waals surface area contributed by atoms with Gasteiger partial charge in [-0.15, -0.1) is 0 Å². The van der Waals surface area contributed by atoms with Gasteiger partial charge in [-0.25, -0.2) is 0 Å². The van der Waals surface area contributed by atoms with Gasteiger partial charge in [0.2, 0.25) is 0 Å². The number of aromatic nitrogens is 1. The number of halogens is 1. The number of pyridine rings is 1. The molecule has 2 aromatic carbocycles. The number of nitrogens with zero attached hydrogens (tertiary/aromatic N) is 1. The lowest BCUT2D eigenvalue weighted by Gasteiger charge is -2.08. The molecule has 0 saturated heterocycles. The van der Waals surface area contributed by atoms with Gasteiger partial charge in [0.15, 0.2) is 0 Å². The summed E-state index contributed by atoms with van der Waals surface area (Å²) in [6.07, 6.45) is 2.17. The molecule has 2 N–H and O–H groups in total. The molecule has 1 aromatic heterocycles. The highest BCUT2D eigenvalue weighted by Gasteiger charge is 2.13. The molecule has 5 nitrogen and oxygen atoms in total. The maximum atomic E-state index is 12.4. The third-order valence-corrected chi connectivity index (χ3v) is 4.25. The Bertz CT molecular complexity index is 945. The van der Waals surface area contributed by atoms with Crippen molar-refractivity contribution in [3.05, 3.63) is 94.8 Å². The molecule has 6 heteroatoms. The van der Waals surface area contributed by atoms with Crippen LogP contribution in [0.2, 0.25) is 5.02 Å². The second kappa shape index (κ2) is 8.96. The molecule has 0 bridgehead atoms. The molecule has 0 fully saturated rings. The van der Waals surface area contributed by atoms with E-state index in [1.54, 1.807) is 30.3 Å². The molecule has 0 radical (unpaired) electrons. The summed E-state index contributed by atoms with van der Waals surface area (Å²) in [5, 5.41) is 5.98. The van der Waals surface area contributed by atoms with Crippen molar-refractivity contribution < 1.29 is 9.59 Å². The fourth-order valence-electron chi connectivity index (χ4n) is 2.51. The van der Waals surface area contributed by atoms with E-state index in [-0.39, 0.29) is 11.6 Å². The molecular formula is C21H18ClN3O2. The summed E-state index contributed by atoms with van der Waals surface area (Å²) in [6.45, 7) is 0.506. The van der Waals surface area contributed by atoms with E-state index in [1.807, 2.05) is 30.3 Å². The Labute approximate surface area is 162 Å². The van der Waals surface area contributed by atoms with Gasteiger partial charge in [-0.1, -0.05) is 54.1 Å². The van der Waals surface area contributed by atoms with Gasteiger partial charge < -0.3 is 10.6 Å². The fourth-order valence-corrected chi connectivity index (χ4v) is 2.69. The number of hydrogen-bond acceptors (Lipinski definition) is 3. The third kappa shape index (κ3) is 5.15. The molecule has 0 unspecified atom stereocenters. The standard InChI is InChI=1S/C21H18ClN3O2/c22-17-8-4-5-9-18(17)25-21(27)19-14-16(11-13-23-19)20(26)24-12-10-15-6-2-1-3-7-15/h1-9,11,13-14H,10,12H2,(H,24,26)(H,25,27). The van der Waals surface area contributed by atoms with Crippen molar-refractivity contribution >= 4 is 29.1 Å². The Morgan fingerprint density at radius 3 is 2.44 bits per heavy atom. The summed E-state index contributed by atoms with van der Waals surface area (Å²) in [5.74, 6) is -0.679. The van der Waals surface area contributed by atoms with Crippen molar-refractivity contribution in [1.29, 1.82) is 0 Å². The predicted molar refractivity (Wildman–Crippen MR) is 106 cm³/mol. The first-order valence-corrected chi connectivity index (χ1v) is 8.85. The molecule has 0 spiro atoms. The minimum absolute atomic E-state index is 0.144. The van der Waals surface area contributed by atoms with Gasteiger partial charge in [-0.3, -0.25) is 14.6 Å². The predicted octanol–water partition coefficient (Wildman–Crippen LogP) is 3.96. The first-order valence-electron chi connectivity index (χ1n) is 8.47. The maximum absolute atomic E-state index is 12.4. The highest BCUT2D eigenvalue weighted by Crippen LogP contribution is 2.21. The quantitative estimate of drug-likeness (QED) is 0.681. The highest BCUT2D eigenvalue weighted by molar-refractivity contribution is 6.33. The molecule has 3 aromatic rings. The van der Waals surface area contributed by atoms with Crippen LogP contribution in [-0.4, -0.2) is 23.3 Å². The minimum atomic E-state index is -0.429. The van der Waals surface area contributed by atoms with E-state index in [0.717, 1.165) is 12.0 Å². The van der Waals surface area contributed by atoms with Crippen molar-refractivity contribution in [2.24, 2.45) is 0 Å². The molecule has 0 aliphatic heterocycles. The van der Waals surface area contributed by atoms with E-state index in [4.69, 9.17) is 11.6 Å². The largest absolute Gasteiger partial charge is 0.352 e. The van der Waals surface area contributed by atoms with Gasteiger partial charge in [-0.05, 0) is 36.2 Å². The lowest BCUT2D eigenvalue weighted by Crippen LogP contribution is -2.26. The maximum Gasteiger partial charge on any atom is 0.274 e. The average Bonchev–Trinajstić information content (AvgIpc) is 2.70. The van der Waals surface area contributed by atoms with E-state index in [9.17, 15) is 9.59 Å². The molecule has 0 saturated carbocycles. The summed E-state index contributed by atoms with van der Waals surface area (Å²) in [5.41, 5.74) is 2.16. The second-order valence-corrected chi connectivity index (χ2v) is 6.26. The van der Waals surface area contributed by atoms with Crippen LogP contribution in [0.1, 0.15) is 26.4 Å². The molecule has 3 rings (SSSR count). The van der Waals surface area contributed by atoms with Crippen LogP contribution in [-0.2, 0) is 6.42 Å². The summed E-state index contributed by atoms with van der Waals surface area (Å²) in [4.78, 5) is 28.7. The second-order valence-electron chi connectivity index (χ2n) is 5.86. The smallest absolute Gasteiger partial charge is 0.274 e. The van der Waals surface area contributed by atoms with Crippen molar-refractivity contribution in [2.75, 3.05) is 11.9 Å². The summed E-state index contributed by atoms with van der Waals surface area (Å²) >= 11 is 6.05. The number of carbonyl (C=O) groups is 2. The summed E-state index contributed by atoms with van der Waals surface area (Å²) < 4.78 is 0. The van der Waals surface area contributed by atoms with Crippen LogP contribution in [0.4, 0.5) is 5.69 Å². The van der Waals surface area contributed by atoms with Gasteiger partial charge in [0, 0.05) is 18.3 Å². The van der Waals surface area contributed by atoms with Crippen LogP contribution in [0.5, 0.6) is 0 Å². The number of para-hydroxylation sites is 1. The lowest BCUT2D eigenvalue weighted by molar-refractivity contribution is 0.0954. The van der Waals surface area contributed by atoms with Gasteiger partial charge in [-0.2, -0.15) is 0 Å². The SMILES string of the molecule is O=C(NCCc1ccccc1)c1ccnc(C(=O)Nc2ccccc2Cl)c1. The van der Waals surface area contributed by atoms with Crippen molar-refractivity contribution in [2.45, 2.75) is 6.42 Å². The van der Waals surface area contributed by atoms with Crippen LogP contribution in [0.3, 0.4) is 0 Å². The van der Waals surface area contributed by atoms with Crippen molar-refractivity contribution in [1.82, 2.24) is 10.3 Å². The Balaban J connectivity index is 1.61. The van der Waals surface area contributed by atoms with Crippen LogP contribution in [0, 0.1) is 0 Å². The zero-order valence-electron chi connectivity index (χ0n) is 14.5. The summed E-state index contributed by atoms with van der Waals surface area (Å²) in [6, 6.07) is 19.9. The Morgan fingerprint density at radius 2 is 1.67 bits per heavy atom. The van der Waals surface area contributed by atoms with Crippen LogP contribution in [0.15, 0.2) is 72.9 Å². The van der Waals surface area contributed by atoms with E-state index in [2.05, 4.69) is 15.6 Å². The molecular weight excluding hydrogens is 362 g/mol. The molecule has 0 aliphatic carbocycles. The van der Waals surface area contributed by atoms with Gasteiger partial charge in [0.05, 0.1) is 10.7 Å². The van der Waals surface area contributed by atoms with E-state index in [0.29, 0.717) is 22.8 Å². The molecule has 0 atom stereocenters. The van der Waals surface area contributed by atoms with Gasteiger partial charge >= 0.3 is 0 Å². The fraction of sp³-hybridized carbons (Fsp3) is 0.0952.